The number of benzene rings is 1. The smallest absolute Gasteiger partial charge is 0.261 e. The fraction of sp³-hybridized carbons (Fsp3) is 0.500. The third-order valence-corrected chi connectivity index (χ3v) is 3.75. The van der Waals surface area contributed by atoms with Crippen LogP contribution in [-0.2, 0) is 11.2 Å². The molecule has 1 saturated heterocycles. The number of β-amino-alcohol motifs (C(OH)–C–C–N with tert-alkyl or cyclic N) is 1. The number of aliphatic hydroxyl groups is 1. The molecular formula is C14H18N2O3. The molecule has 2 heterocycles. The molecule has 0 spiro atoms. The number of hydrogen-bond donors (Lipinski definition) is 3. The molecule has 2 atom stereocenters. The van der Waals surface area contributed by atoms with Crippen molar-refractivity contribution < 1.29 is 14.6 Å². The maximum absolute atomic E-state index is 12.0. The Morgan fingerprint density at radius 2 is 2.37 bits per heavy atom. The predicted molar refractivity (Wildman–Crippen MR) is 70.0 cm³/mol. The Bertz CT molecular complexity index is 458. The summed E-state index contributed by atoms with van der Waals surface area (Å²) >= 11 is 0. The highest BCUT2D eigenvalue weighted by molar-refractivity contribution is 5.82. The quantitative estimate of drug-likeness (QED) is 0.707. The standard InChI is InChI=1S/C14H18N2O3/c17-13(16-9-14(18)5-6-15-8-14)12-7-10-3-1-2-4-11(10)19-12/h1-4,12,15,18H,5-9H2,(H,16,17). The van der Waals surface area contributed by atoms with E-state index in [2.05, 4.69) is 10.6 Å². The summed E-state index contributed by atoms with van der Waals surface area (Å²) in [4.78, 5) is 12.0. The molecule has 2 unspecified atom stereocenters. The van der Waals surface area contributed by atoms with Crippen LogP contribution in [-0.4, -0.2) is 42.4 Å². The monoisotopic (exact) mass is 262 g/mol. The van der Waals surface area contributed by atoms with E-state index in [9.17, 15) is 9.90 Å². The van der Waals surface area contributed by atoms with Crippen LogP contribution in [0.4, 0.5) is 0 Å². The van der Waals surface area contributed by atoms with Crippen molar-refractivity contribution >= 4 is 5.91 Å². The van der Waals surface area contributed by atoms with Crippen LogP contribution >= 0.6 is 0 Å². The van der Waals surface area contributed by atoms with Crippen molar-refractivity contribution in [2.75, 3.05) is 19.6 Å². The number of carbonyl (C=O) groups excluding carboxylic acids is 1. The minimum Gasteiger partial charge on any atom is -0.480 e. The van der Waals surface area contributed by atoms with Crippen molar-refractivity contribution in [1.29, 1.82) is 0 Å². The molecule has 0 aromatic heterocycles. The molecule has 0 aliphatic carbocycles. The van der Waals surface area contributed by atoms with Crippen LogP contribution in [0.15, 0.2) is 24.3 Å². The van der Waals surface area contributed by atoms with Gasteiger partial charge in [0.15, 0.2) is 6.10 Å². The van der Waals surface area contributed by atoms with Crippen LogP contribution in [0, 0.1) is 0 Å². The van der Waals surface area contributed by atoms with E-state index in [4.69, 9.17) is 4.74 Å². The van der Waals surface area contributed by atoms with Crippen LogP contribution < -0.4 is 15.4 Å². The lowest BCUT2D eigenvalue weighted by Gasteiger charge is -2.22. The molecule has 1 aromatic rings. The van der Waals surface area contributed by atoms with Gasteiger partial charge in [-0.05, 0) is 24.6 Å². The van der Waals surface area contributed by atoms with Gasteiger partial charge in [-0.3, -0.25) is 4.79 Å². The van der Waals surface area contributed by atoms with E-state index in [-0.39, 0.29) is 12.5 Å². The largest absolute Gasteiger partial charge is 0.480 e. The van der Waals surface area contributed by atoms with Gasteiger partial charge in [0.2, 0.25) is 0 Å². The van der Waals surface area contributed by atoms with E-state index in [1.165, 1.54) is 0 Å². The molecule has 3 N–H and O–H groups in total. The summed E-state index contributed by atoms with van der Waals surface area (Å²) in [5.74, 6) is 0.625. The normalized spacial score (nSPS) is 28.8. The molecule has 0 bridgehead atoms. The van der Waals surface area contributed by atoms with Gasteiger partial charge in [0, 0.05) is 19.5 Å². The summed E-state index contributed by atoms with van der Waals surface area (Å²) < 4.78 is 5.61. The van der Waals surface area contributed by atoms with Gasteiger partial charge in [0.1, 0.15) is 5.75 Å². The lowest BCUT2D eigenvalue weighted by Crippen LogP contribution is -2.48. The average molecular weight is 262 g/mol. The van der Waals surface area contributed by atoms with Gasteiger partial charge in [-0.25, -0.2) is 0 Å². The minimum absolute atomic E-state index is 0.156. The van der Waals surface area contributed by atoms with Crippen molar-refractivity contribution in [3.05, 3.63) is 29.8 Å². The van der Waals surface area contributed by atoms with Crippen molar-refractivity contribution in [3.8, 4) is 5.75 Å². The molecule has 3 rings (SSSR count). The summed E-state index contributed by atoms with van der Waals surface area (Å²) in [7, 11) is 0. The van der Waals surface area contributed by atoms with E-state index < -0.39 is 11.7 Å². The SMILES string of the molecule is O=C(NCC1(O)CCNC1)C1Cc2ccccc2O1. The van der Waals surface area contributed by atoms with E-state index in [0.29, 0.717) is 19.4 Å². The van der Waals surface area contributed by atoms with E-state index in [0.717, 1.165) is 17.9 Å². The summed E-state index contributed by atoms with van der Waals surface area (Å²) in [6, 6.07) is 7.68. The van der Waals surface area contributed by atoms with Gasteiger partial charge in [0.25, 0.3) is 5.91 Å². The number of fused-ring (bicyclic) bond motifs is 1. The Labute approximate surface area is 112 Å². The van der Waals surface area contributed by atoms with Gasteiger partial charge >= 0.3 is 0 Å². The van der Waals surface area contributed by atoms with Crippen LogP contribution in [0.25, 0.3) is 0 Å². The first-order chi connectivity index (χ1) is 9.16. The molecule has 5 nitrogen and oxygen atoms in total. The third-order valence-electron chi connectivity index (χ3n) is 3.75. The molecular weight excluding hydrogens is 244 g/mol. The Kier molecular flexibility index (Phi) is 3.16. The van der Waals surface area contributed by atoms with Crippen molar-refractivity contribution in [1.82, 2.24) is 10.6 Å². The van der Waals surface area contributed by atoms with Crippen molar-refractivity contribution in [2.45, 2.75) is 24.5 Å². The highest BCUT2D eigenvalue weighted by atomic mass is 16.5. The fourth-order valence-electron chi connectivity index (χ4n) is 2.58. The number of nitrogens with one attached hydrogen (secondary N) is 2. The second-order valence-corrected chi connectivity index (χ2v) is 5.29. The number of amides is 1. The van der Waals surface area contributed by atoms with E-state index in [1.54, 1.807) is 0 Å². The highest BCUT2D eigenvalue weighted by Crippen LogP contribution is 2.28. The highest BCUT2D eigenvalue weighted by Gasteiger charge is 2.34. The van der Waals surface area contributed by atoms with Crippen LogP contribution in [0.2, 0.25) is 0 Å². The summed E-state index contributed by atoms with van der Waals surface area (Å²) in [5.41, 5.74) is 0.241. The third kappa shape index (κ3) is 2.57. The zero-order valence-corrected chi connectivity index (χ0v) is 10.7. The average Bonchev–Trinajstić information content (AvgIpc) is 3.02. The fourth-order valence-corrected chi connectivity index (χ4v) is 2.58. The number of rotatable bonds is 3. The van der Waals surface area contributed by atoms with Gasteiger partial charge < -0.3 is 20.5 Å². The van der Waals surface area contributed by atoms with Gasteiger partial charge in [0.05, 0.1) is 5.60 Å². The molecule has 1 amide bonds. The Balaban J connectivity index is 1.55. The Morgan fingerprint density at radius 3 is 3.11 bits per heavy atom. The van der Waals surface area contributed by atoms with Crippen LogP contribution in [0.3, 0.4) is 0 Å². The molecule has 2 aliphatic rings. The molecule has 1 aromatic carbocycles. The van der Waals surface area contributed by atoms with Crippen molar-refractivity contribution in [2.24, 2.45) is 0 Å². The summed E-state index contributed by atoms with van der Waals surface area (Å²) in [6.07, 6.45) is 0.785. The second-order valence-electron chi connectivity index (χ2n) is 5.29. The lowest BCUT2D eigenvalue weighted by atomic mass is 10.0. The zero-order chi connectivity index (χ0) is 13.3. The van der Waals surface area contributed by atoms with Crippen LogP contribution in [0.1, 0.15) is 12.0 Å². The maximum atomic E-state index is 12.0. The summed E-state index contributed by atoms with van der Waals surface area (Å²) in [5, 5.41) is 16.0. The first-order valence-corrected chi connectivity index (χ1v) is 6.62. The first kappa shape index (κ1) is 12.4. The van der Waals surface area contributed by atoms with Gasteiger partial charge in [-0.1, -0.05) is 18.2 Å². The lowest BCUT2D eigenvalue weighted by molar-refractivity contribution is -0.128. The minimum atomic E-state index is -0.818. The number of ether oxygens (including phenoxy) is 1. The second kappa shape index (κ2) is 4.83. The number of carbonyl (C=O) groups is 1. The molecule has 1 fully saturated rings. The zero-order valence-electron chi connectivity index (χ0n) is 10.7. The van der Waals surface area contributed by atoms with Crippen molar-refractivity contribution in [3.63, 3.8) is 0 Å². The number of para-hydroxylation sites is 1. The van der Waals surface area contributed by atoms with Gasteiger partial charge in [-0.2, -0.15) is 0 Å². The molecule has 0 radical (unpaired) electrons. The van der Waals surface area contributed by atoms with Crippen LogP contribution in [0.5, 0.6) is 5.75 Å². The Hall–Kier alpha value is -1.59. The van der Waals surface area contributed by atoms with E-state index in [1.807, 2.05) is 24.3 Å². The number of hydrogen-bond acceptors (Lipinski definition) is 4. The van der Waals surface area contributed by atoms with E-state index >= 15 is 0 Å². The van der Waals surface area contributed by atoms with Gasteiger partial charge in [-0.15, -0.1) is 0 Å². The molecule has 102 valence electrons. The molecule has 5 heteroatoms. The maximum Gasteiger partial charge on any atom is 0.261 e. The predicted octanol–water partition coefficient (Wildman–Crippen LogP) is -0.169. The topological polar surface area (TPSA) is 70.6 Å². The molecule has 0 saturated carbocycles. The molecule has 19 heavy (non-hydrogen) atoms. The Morgan fingerprint density at radius 1 is 1.53 bits per heavy atom. The summed E-state index contributed by atoms with van der Waals surface area (Å²) in [6.45, 7) is 1.59. The molecule has 2 aliphatic heterocycles. The first-order valence-electron chi connectivity index (χ1n) is 6.62.